The minimum atomic E-state index is 0.0120. The van der Waals surface area contributed by atoms with Crippen molar-refractivity contribution in [1.82, 2.24) is 9.80 Å². The quantitative estimate of drug-likeness (QED) is 0.789. The summed E-state index contributed by atoms with van der Waals surface area (Å²) in [6, 6.07) is 11.2. The lowest BCUT2D eigenvalue weighted by atomic mass is 10.1. The zero-order valence-electron chi connectivity index (χ0n) is 16.1. The minimum absolute atomic E-state index is 0.0120. The van der Waals surface area contributed by atoms with Crippen LogP contribution in [0, 0.1) is 0 Å². The Morgan fingerprint density at radius 3 is 2.54 bits per heavy atom. The zero-order valence-corrected chi connectivity index (χ0v) is 16.1. The van der Waals surface area contributed by atoms with E-state index in [0.717, 1.165) is 36.7 Å². The highest BCUT2D eigenvalue weighted by atomic mass is 16.7. The fourth-order valence-electron chi connectivity index (χ4n) is 3.62. The molecule has 1 fully saturated rings. The molecule has 2 aromatic rings. The number of fused-ring (bicyclic) bond motifs is 1. The first-order valence-corrected chi connectivity index (χ1v) is 9.30. The van der Waals surface area contributed by atoms with E-state index >= 15 is 0 Å². The van der Waals surface area contributed by atoms with Gasteiger partial charge in [0.2, 0.25) is 6.79 Å². The van der Waals surface area contributed by atoms with Crippen LogP contribution in [0.3, 0.4) is 0 Å². The molecule has 4 rings (SSSR count). The van der Waals surface area contributed by atoms with Crippen LogP contribution < -0.4 is 18.9 Å². The van der Waals surface area contributed by atoms with Crippen LogP contribution in [0.25, 0.3) is 0 Å². The topological polar surface area (TPSA) is 60.5 Å². The van der Waals surface area contributed by atoms with E-state index in [0.29, 0.717) is 30.2 Å². The Balaban J connectivity index is 1.38. The van der Waals surface area contributed by atoms with Crippen molar-refractivity contribution < 1.29 is 23.7 Å². The molecule has 2 aromatic carbocycles. The molecule has 2 aliphatic heterocycles. The zero-order chi connectivity index (χ0) is 19.5. The molecular formula is C21H24N2O5. The Hall–Kier alpha value is -2.93. The smallest absolute Gasteiger partial charge is 0.254 e. The number of ether oxygens (including phenoxy) is 4. The second-order valence-electron chi connectivity index (χ2n) is 6.79. The van der Waals surface area contributed by atoms with Gasteiger partial charge in [-0.1, -0.05) is 12.1 Å². The molecule has 1 saturated heterocycles. The predicted octanol–water partition coefficient (Wildman–Crippen LogP) is 2.39. The van der Waals surface area contributed by atoms with E-state index in [4.69, 9.17) is 18.9 Å². The van der Waals surface area contributed by atoms with Gasteiger partial charge in [0, 0.05) is 43.9 Å². The van der Waals surface area contributed by atoms with Crippen molar-refractivity contribution in [3.05, 3.63) is 47.5 Å². The molecule has 28 heavy (non-hydrogen) atoms. The summed E-state index contributed by atoms with van der Waals surface area (Å²) in [7, 11) is 3.15. The van der Waals surface area contributed by atoms with E-state index in [2.05, 4.69) is 11.0 Å². The number of hydrogen-bond acceptors (Lipinski definition) is 6. The molecule has 148 valence electrons. The van der Waals surface area contributed by atoms with Crippen LogP contribution in [0.15, 0.2) is 36.4 Å². The van der Waals surface area contributed by atoms with Crippen molar-refractivity contribution in [3.8, 4) is 23.0 Å². The first-order valence-electron chi connectivity index (χ1n) is 9.30. The average molecular weight is 384 g/mol. The molecule has 1 amide bonds. The lowest BCUT2D eigenvalue weighted by Gasteiger charge is -2.35. The third kappa shape index (κ3) is 3.57. The van der Waals surface area contributed by atoms with Gasteiger partial charge in [-0.3, -0.25) is 9.69 Å². The van der Waals surface area contributed by atoms with Gasteiger partial charge in [0.05, 0.1) is 14.2 Å². The number of rotatable bonds is 5. The summed E-state index contributed by atoms with van der Waals surface area (Å²) in [6.07, 6.45) is 0. The van der Waals surface area contributed by atoms with E-state index < -0.39 is 0 Å². The van der Waals surface area contributed by atoms with Crippen molar-refractivity contribution in [2.45, 2.75) is 6.54 Å². The molecule has 7 heteroatoms. The van der Waals surface area contributed by atoms with Gasteiger partial charge in [0.25, 0.3) is 5.91 Å². The molecule has 2 heterocycles. The van der Waals surface area contributed by atoms with Crippen LogP contribution >= 0.6 is 0 Å². The predicted molar refractivity (Wildman–Crippen MR) is 103 cm³/mol. The summed E-state index contributed by atoms with van der Waals surface area (Å²) >= 11 is 0. The highest BCUT2D eigenvalue weighted by molar-refractivity contribution is 5.95. The van der Waals surface area contributed by atoms with E-state index in [1.165, 1.54) is 0 Å². The molecule has 0 atom stereocenters. The van der Waals surface area contributed by atoms with Gasteiger partial charge in [0.1, 0.15) is 0 Å². The summed E-state index contributed by atoms with van der Waals surface area (Å²) in [6.45, 7) is 4.04. The van der Waals surface area contributed by atoms with Crippen molar-refractivity contribution in [2.75, 3.05) is 47.2 Å². The lowest BCUT2D eigenvalue weighted by molar-refractivity contribution is 0.0626. The highest BCUT2D eigenvalue weighted by Crippen LogP contribution is 2.36. The number of para-hydroxylation sites is 1. The second kappa shape index (κ2) is 7.98. The van der Waals surface area contributed by atoms with Crippen LogP contribution in [0.1, 0.15) is 15.9 Å². The van der Waals surface area contributed by atoms with Gasteiger partial charge in [-0.05, 0) is 24.3 Å². The molecule has 0 radical (unpaired) electrons. The largest absolute Gasteiger partial charge is 0.493 e. The number of hydrogen-bond donors (Lipinski definition) is 0. The van der Waals surface area contributed by atoms with Crippen LogP contribution in [-0.4, -0.2) is 62.9 Å². The third-order valence-corrected chi connectivity index (χ3v) is 5.16. The van der Waals surface area contributed by atoms with E-state index in [-0.39, 0.29) is 12.7 Å². The maximum atomic E-state index is 12.9. The Morgan fingerprint density at radius 1 is 1.00 bits per heavy atom. The van der Waals surface area contributed by atoms with Crippen molar-refractivity contribution >= 4 is 5.91 Å². The van der Waals surface area contributed by atoms with Crippen LogP contribution in [-0.2, 0) is 6.54 Å². The maximum absolute atomic E-state index is 12.9. The average Bonchev–Trinajstić information content (AvgIpc) is 3.23. The monoisotopic (exact) mass is 384 g/mol. The first-order chi connectivity index (χ1) is 13.7. The Morgan fingerprint density at radius 2 is 1.79 bits per heavy atom. The van der Waals surface area contributed by atoms with Gasteiger partial charge in [-0.2, -0.15) is 0 Å². The summed E-state index contributed by atoms with van der Waals surface area (Å²) in [5.41, 5.74) is 1.73. The number of carbonyl (C=O) groups excluding carboxylic acids is 1. The molecule has 0 N–H and O–H groups in total. The molecule has 0 aliphatic carbocycles. The molecular weight excluding hydrogens is 360 g/mol. The number of carbonyl (C=O) groups is 1. The molecule has 2 aliphatic rings. The molecule has 0 spiro atoms. The molecule has 0 unspecified atom stereocenters. The van der Waals surface area contributed by atoms with E-state index in [1.807, 2.05) is 17.0 Å². The second-order valence-corrected chi connectivity index (χ2v) is 6.79. The molecule has 0 saturated carbocycles. The van der Waals surface area contributed by atoms with Crippen molar-refractivity contribution in [2.24, 2.45) is 0 Å². The maximum Gasteiger partial charge on any atom is 0.254 e. The fraction of sp³-hybridized carbons (Fsp3) is 0.381. The van der Waals surface area contributed by atoms with E-state index in [9.17, 15) is 4.79 Å². The van der Waals surface area contributed by atoms with Gasteiger partial charge in [-0.15, -0.1) is 0 Å². The number of amides is 1. The summed E-state index contributed by atoms with van der Waals surface area (Å²) in [5.74, 6) is 2.83. The van der Waals surface area contributed by atoms with Crippen LogP contribution in [0.5, 0.6) is 23.0 Å². The first kappa shape index (κ1) is 18.4. The number of nitrogens with zero attached hydrogens (tertiary/aromatic N) is 2. The highest BCUT2D eigenvalue weighted by Gasteiger charge is 2.25. The van der Waals surface area contributed by atoms with Crippen LogP contribution in [0.4, 0.5) is 0 Å². The Labute approximate surface area is 164 Å². The summed E-state index contributed by atoms with van der Waals surface area (Å²) in [5, 5.41) is 0. The summed E-state index contributed by atoms with van der Waals surface area (Å²) < 4.78 is 21.6. The van der Waals surface area contributed by atoms with Crippen molar-refractivity contribution in [3.63, 3.8) is 0 Å². The molecule has 7 nitrogen and oxygen atoms in total. The normalized spacial score (nSPS) is 16.1. The molecule has 0 aromatic heterocycles. The summed E-state index contributed by atoms with van der Waals surface area (Å²) in [4.78, 5) is 17.1. The third-order valence-electron chi connectivity index (χ3n) is 5.16. The van der Waals surface area contributed by atoms with Gasteiger partial charge < -0.3 is 23.8 Å². The van der Waals surface area contributed by atoms with Crippen molar-refractivity contribution in [1.29, 1.82) is 0 Å². The van der Waals surface area contributed by atoms with Crippen LogP contribution in [0.2, 0.25) is 0 Å². The minimum Gasteiger partial charge on any atom is -0.493 e. The Bertz CT molecular complexity index is 862. The van der Waals surface area contributed by atoms with Gasteiger partial charge in [-0.25, -0.2) is 0 Å². The SMILES string of the molecule is COc1ccc(C(=O)N2CCN(Cc3cccc4c3OCO4)CC2)cc1OC. The van der Waals surface area contributed by atoms with Gasteiger partial charge in [0.15, 0.2) is 23.0 Å². The fourth-order valence-corrected chi connectivity index (χ4v) is 3.62. The van der Waals surface area contributed by atoms with Gasteiger partial charge >= 0.3 is 0 Å². The van der Waals surface area contributed by atoms with E-state index in [1.54, 1.807) is 32.4 Å². The number of benzene rings is 2. The molecule has 0 bridgehead atoms. The number of methoxy groups -OCH3 is 2. The Kier molecular flexibility index (Phi) is 5.25. The number of piperazine rings is 1. The standard InChI is InChI=1S/C21H24N2O5/c1-25-17-7-6-15(12-19(17)26-2)21(24)23-10-8-22(9-11-23)13-16-4-3-5-18-20(16)28-14-27-18/h3-7,12H,8-11,13-14H2,1-2H3. The lowest BCUT2D eigenvalue weighted by Crippen LogP contribution is -2.48.